The Balaban J connectivity index is 3.20. The third-order valence-corrected chi connectivity index (χ3v) is 2.67. The van der Waals surface area contributed by atoms with E-state index < -0.39 is 12.6 Å². The molecule has 0 atom stereocenters. The highest BCUT2D eigenvalue weighted by atomic mass is 127. The van der Waals surface area contributed by atoms with Gasteiger partial charge in [0.25, 0.3) is 0 Å². The molecular formula is C9H8FIO2. The van der Waals surface area contributed by atoms with Crippen molar-refractivity contribution in [2.75, 3.05) is 7.11 Å². The zero-order chi connectivity index (χ0) is 9.84. The number of carbonyl (C=O) groups is 1. The molecule has 1 aromatic rings. The molecule has 0 saturated heterocycles. The number of halogens is 2. The maximum absolute atomic E-state index is 12.5. The van der Waals surface area contributed by atoms with Gasteiger partial charge >= 0.3 is 5.97 Å². The van der Waals surface area contributed by atoms with E-state index in [2.05, 4.69) is 4.74 Å². The first kappa shape index (κ1) is 10.4. The molecule has 2 nitrogen and oxygen atoms in total. The van der Waals surface area contributed by atoms with Crippen LogP contribution in [0.3, 0.4) is 0 Å². The molecule has 70 valence electrons. The van der Waals surface area contributed by atoms with Gasteiger partial charge in [-0.05, 0) is 34.7 Å². The van der Waals surface area contributed by atoms with Crippen LogP contribution in [0.25, 0.3) is 0 Å². The Bertz CT molecular complexity index is 325. The maximum Gasteiger partial charge on any atom is 0.338 e. The van der Waals surface area contributed by atoms with Crippen LogP contribution in [0.15, 0.2) is 18.2 Å². The molecule has 0 unspecified atom stereocenters. The van der Waals surface area contributed by atoms with Gasteiger partial charge in [-0.1, -0.05) is 6.07 Å². The molecule has 0 amide bonds. The molecule has 0 bridgehead atoms. The van der Waals surface area contributed by atoms with Crippen LogP contribution in [0.2, 0.25) is 0 Å². The molecule has 0 radical (unpaired) electrons. The molecule has 0 aliphatic rings. The number of ether oxygens (including phenoxy) is 1. The Labute approximate surface area is 89.2 Å². The number of hydrogen-bond donors (Lipinski definition) is 0. The lowest BCUT2D eigenvalue weighted by molar-refractivity contribution is 0.0598. The second-order valence-electron chi connectivity index (χ2n) is 2.39. The first-order valence-electron chi connectivity index (χ1n) is 3.62. The van der Waals surface area contributed by atoms with Crippen molar-refractivity contribution >= 4 is 28.6 Å². The highest BCUT2D eigenvalue weighted by molar-refractivity contribution is 14.1. The van der Waals surface area contributed by atoms with Crippen LogP contribution >= 0.6 is 22.6 Å². The Morgan fingerprint density at radius 3 is 2.85 bits per heavy atom. The van der Waals surface area contributed by atoms with Gasteiger partial charge in [0.1, 0.15) is 6.67 Å². The van der Waals surface area contributed by atoms with Gasteiger partial charge in [0, 0.05) is 9.13 Å². The Hall–Kier alpha value is -0.650. The molecule has 1 aromatic carbocycles. The van der Waals surface area contributed by atoms with Gasteiger partial charge in [0.15, 0.2) is 0 Å². The van der Waals surface area contributed by atoms with Crippen LogP contribution in [0.4, 0.5) is 4.39 Å². The van der Waals surface area contributed by atoms with Crippen LogP contribution in [-0.2, 0) is 11.4 Å². The van der Waals surface area contributed by atoms with Gasteiger partial charge in [-0.15, -0.1) is 0 Å². The van der Waals surface area contributed by atoms with Gasteiger partial charge in [-0.3, -0.25) is 0 Å². The van der Waals surface area contributed by atoms with E-state index in [1.165, 1.54) is 7.11 Å². The van der Waals surface area contributed by atoms with Crippen molar-refractivity contribution in [3.05, 3.63) is 32.9 Å². The Morgan fingerprint density at radius 2 is 2.31 bits per heavy atom. The summed E-state index contributed by atoms with van der Waals surface area (Å²) in [4.78, 5) is 11.2. The van der Waals surface area contributed by atoms with Crippen LogP contribution < -0.4 is 0 Å². The number of carbonyl (C=O) groups excluding carboxylic acids is 1. The fourth-order valence-electron chi connectivity index (χ4n) is 0.996. The van der Waals surface area contributed by atoms with E-state index in [1.807, 2.05) is 22.6 Å². The van der Waals surface area contributed by atoms with Gasteiger partial charge < -0.3 is 4.74 Å². The highest BCUT2D eigenvalue weighted by Crippen LogP contribution is 2.18. The molecule has 0 fully saturated rings. The zero-order valence-corrected chi connectivity index (χ0v) is 9.17. The van der Waals surface area contributed by atoms with E-state index in [0.717, 1.165) is 3.57 Å². The summed E-state index contributed by atoms with van der Waals surface area (Å²) in [5.74, 6) is -0.494. The minimum Gasteiger partial charge on any atom is -0.465 e. The minimum atomic E-state index is -0.649. The molecule has 4 heteroatoms. The van der Waals surface area contributed by atoms with Crippen molar-refractivity contribution in [3.8, 4) is 0 Å². The summed E-state index contributed by atoms with van der Waals surface area (Å²) in [6, 6.07) is 5.01. The number of hydrogen-bond acceptors (Lipinski definition) is 2. The van der Waals surface area contributed by atoms with Crippen molar-refractivity contribution < 1.29 is 13.9 Å². The zero-order valence-electron chi connectivity index (χ0n) is 7.01. The van der Waals surface area contributed by atoms with Crippen molar-refractivity contribution in [2.24, 2.45) is 0 Å². The summed E-state index contributed by atoms with van der Waals surface area (Å²) in [6.45, 7) is -0.649. The average Bonchev–Trinajstić information content (AvgIpc) is 2.16. The standard InChI is InChI=1S/C9H8FIO2/c1-13-9(12)6-3-2-4-8(11)7(6)5-10/h2-4H,5H2,1H3. The number of benzene rings is 1. The Morgan fingerprint density at radius 1 is 1.62 bits per heavy atom. The smallest absolute Gasteiger partial charge is 0.338 e. The fraction of sp³-hybridized carbons (Fsp3) is 0.222. The van der Waals surface area contributed by atoms with Crippen molar-refractivity contribution in [2.45, 2.75) is 6.67 Å². The second kappa shape index (κ2) is 4.55. The molecule has 0 heterocycles. The second-order valence-corrected chi connectivity index (χ2v) is 3.55. The molecule has 0 N–H and O–H groups in total. The number of methoxy groups -OCH3 is 1. The van der Waals surface area contributed by atoms with E-state index in [9.17, 15) is 9.18 Å². The average molecular weight is 294 g/mol. The lowest BCUT2D eigenvalue weighted by Gasteiger charge is -2.05. The molecule has 13 heavy (non-hydrogen) atoms. The molecule has 0 saturated carbocycles. The normalized spacial score (nSPS) is 9.77. The van der Waals surface area contributed by atoms with Crippen molar-refractivity contribution in [1.29, 1.82) is 0 Å². The Kier molecular flexibility index (Phi) is 3.65. The monoisotopic (exact) mass is 294 g/mol. The molecule has 0 spiro atoms. The summed E-state index contributed by atoms with van der Waals surface area (Å²) >= 11 is 1.99. The SMILES string of the molecule is COC(=O)c1cccc(I)c1CF. The fourth-order valence-corrected chi connectivity index (χ4v) is 1.64. The van der Waals surface area contributed by atoms with Crippen LogP contribution in [0, 0.1) is 3.57 Å². The van der Waals surface area contributed by atoms with Crippen molar-refractivity contribution in [1.82, 2.24) is 0 Å². The third kappa shape index (κ3) is 2.18. The van der Waals surface area contributed by atoms with E-state index in [-0.39, 0.29) is 0 Å². The first-order chi connectivity index (χ1) is 6.20. The highest BCUT2D eigenvalue weighted by Gasteiger charge is 2.13. The summed E-state index contributed by atoms with van der Waals surface area (Å²) in [6.07, 6.45) is 0. The van der Waals surface area contributed by atoms with Crippen LogP contribution in [0.5, 0.6) is 0 Å². The number of rotatable bonds is 2. The molecular weight excluding hydrogens is 286 g/mol. The topological polar surface area (TPSA) is 26.3 Å². The maximum atomic E-state index is 12.5. The van der Waals surface area contributed by atoms with Crippen LogP contribution in [0.1, 0.15) is 15.9 Å². The van der Waals surface area contributed by atoms with Crippen molar-refractivity contribution in [3.63, 3.8) is 0 Å². The summed E-state index contributed by atoms with van der Waals surface area (Å²) < 4.78 is 17.8. The summed E-state index contributed by atoms with van der Waals surface area (Å²) in [5, 5.41) is 0. The van der Waals surface area contributed by atoms with Gasteiger partial charge in [-0.2, -0.15) is 0 Å². The molecule has 0 aliphatic heterocycles. The number of alkyl halides is 1. The lowest BCUT2D eigenvalue weighted by Crippen LogP contribution is -2.06. The summed E-state index contributed by atoms with van der Waals surface area (Å²) in [7, 11) is 1.28. The van der Waals surface area contributed by atoms with Gasteiger partial charge in [0.2, 0.25) is 0 Å². The third-order valence-electron chi connectivity index (χ3n) is 1.66. The van der Waals surface area contributed by atoms with Crippen LogP contribution in [-0.4, -0.2) is 13.1 Å². The summed E-state index contributed by atoms with van der Waals surface area (Å²) in [5.41, 5.74) is 0.701. The van der Waals surface area contributed by atoms with E-state index in [4.69, 9.17) is 0 Å². The molecule has 1 rings (SSSR count). The predicted octanol–water partition coefficient (Wildman–Crippen LogP) is 2.55. The predicted molar refractivity (Wildman–Crippen MR) is 55.3 cm³/mol. The first-order valence-corrected chi connectivity index (χ1v) is 4.70. The molecule has 0 aliphatic carbocycles. The largest absolute Gasteiger partial charge is 0.465 e. The van der Waals surface area contributed by atoms with E-state index >= 15 is 0 Å². The number of esters is 1. The quantitative estimate of drug-likeness (QED) is 0.619. The van der Waals surface area contributed by atoms with E-state index in [1.54, 1.807) is 18.2 Å². The van der Waals surface area contributed by atoms with Gasteiger partial charge in [0.05, 0.1) is 12.7 Å². The molecule has 0 aromatic heterocycles. The van der Waals surface area contributed by atoms with E-state index in [0.29, 0.717) is 11.1 Å². The minimum absolute atomic E-state index is 0.303. The lowest BCUT2D eigenvalue weighted by atomic mass is 10.1. The van der Waals surface area contributed by atoms with Gasteiger partial charge in [-0.25, -0.2) is 9.18 Å².